The number of hydrogen-bond donors (Lipinski definition) is 0. The van der Waals surface area contributed by atoms with Crippen molar-refractivity contribution in [2.24, 2.45) is 10.9 Å². The normalized spacial score (nSPS) is 19.2. The van der Waals surface area contributed by atoms with Crippen LogP contribution in [0.2, 0.25) is 0 Å². The Morgan fingerprint density at radius 1 is 1.47 bits per heavy atom. The molecule has 0 aliphatic carbocycles. The monoisotopic (exact) mass is 321 g/mol. The van der Waals surface area contributed by atoms with Crippen molar-refractivity contribution in [3.8, 4) is 0 Å². The summed E-state index contributed by atoms with van der Waals surface area (Å²) in [6.07, 6.45) is 1.38. The molecule has 5 heteroatoms. The minimum atomic E-state index is -0.762. The van der Waals surface area contributed by atoms with Crippen LogP contribution in [0.1, 0.15) is 17.3 Å². The van der Waals surface area contributed by atoms with E-state index in [2.05, 4.69) is 4.99 Å². The molecule has 0 N–H and O–H groups in total. The Labute approximate surface area is 98.5 Å². The Kier molecular flexibility index (Phi) is 2.57. The Hall–Kier alpha value is -0.850. The van der Waals surface area contributed by atoms with Gasteiger partial charge in [0.25, 0.3) is 0 Å². The summed E-state index contributed by atoms with van der Waals surface area (Å²) < 4.78 is 26.6. The quantitative estimate of drug-likeness (QED) is 0.533. The van der Waals surface area contributed by atoms with Gasteiger partial charge in [0.1, 0.15) is 11.5 Å². The Morgan fingerprint density at radius 2 is 2.13 bits per heavy atom. The number of carbonyl (C=O) groups excluding carboxylic acids is 1. The van der Waals surface area contributed by atoms with Gasteiger partial charge in [0.05, 0.1) is 9.49 Å². The van der Waals surface area contributed by atoms with Crippen molar-refractivity contribution >= 4 is 40.3 Å². The average molecular weight is 321 g/mol. The van der Waals surface area contributed by atoms with E-state index in [4.69, 9.17) is 0 Å². The van der Waals surface area contributed by atoms with E-state index in [9.17, 15) is 13.6 Å². The smallest absolute Gasteiger partial charge is 0.173 e. The molecule has 1 aliphatic heterocycles. The van der Waals surface area contributed by atoms with Crippen LogP contribution in [0, 0.1) is 21.1 Å². The van der Waals surface area contributed by atoms with Crippen molar-refractivity contribution in [3.05, 3.63) is 26.8 Å². The van der Waals surface area contributed by atoms with Gasteiger partial charge >= 0.3 is 0 Å². The van der Waals surface area contributed by atoms with E-state index >= 15 is 0 Å². The van der Waals surface area contributed by atoms with Crippen molar-refractivity contribution in [2.75, 3.05) is 0 Å². The van der Waals surface area contributed by atoms with Crippen LogP contribution in [0.4, 0.5) is 14.5 Å². The van der Waals surface area contributed by atoms with Crippen molar-refractivity contribution in [1.29, 1.82) is 0 Å². The zero-order valence-electron chi connectivity index (χ0n) is 7.72. The largest absolute Gasteiger partial charge is 0.293 e. The number of benzene rings is 1. The Balaban J connectivity index is 2.74. The highest BCUT2D eigenvalue weighted by Crippen LogP contribution is 2.33. The maximum absolute atomic E-state index is 13.5. The summed E-state index contributed by atoms with van der Waals surface area (Å²) in [5.41, 5.74) is -0.0238. The first kappa shape index (κ1) is 10.7. The lowest BCUT2D eigenvalue weighted by Crippen LogP contribution is -2.17. The molecule has 2 rings (SSSR count). The highest BCUT2D eigenvalue weighted by Gasteiger charge is 2.26. The van der Waals surface area contributed by atoms with E-state index < -0.39 is 17.6 Å². The molecule has 0 bridgehead atoms. The third-order valence-corrected chi connectivity index (χ3v) is 3.23. The number of halogens is 3. The summed E-state index contributed by atoms with van der Waals surface area (Å²) in [4.78, 5) is 15.4. The van der Waals surface area contributed by atoms with Crippen molar-refractivity contribution in [1.82, 2.24) is 0 Å². The van der Waals surface area contributed by atoms with Crippen LogP contribution in [-0.2, 0) is 0 Å². The molecule has 1 heterocycles. The Morgan fingerprint density at radius 3 is 2.80 bits per heavy atom. The molecule has 1 atom stereocenters. The number of carbonyl (C=O) groups is 1. The lowest BCUT2D eigenvalue weighted by Gasteiger charge is -2.15. The molecule has 0 saturated heterocycles. The molecular formula is C10H6F2INO. The SMILES string of the molecule is CC1C=Nc2c(cc(F)c(I)c2F)C1=O. The topological polar surface area (TPSA) is 29.4 Å². The summed E-state index contributed by atoms with van der Waals surface area (Å²) in [5.74, 6) is -2.20. The molecule has 0 radical (unpaired) electrons. The first-order valence-corrected chi connectivity index (χ1v) is 5.36. The van der Waals surface area contributed by atoms with E-state index in [1.807, 2.05) is 0 Å². The molecule has 15 heavy (non-hydrogen) atoms. The number of fused-ring (bicyclic) bond motifs is 1. The van der Waals surface area contributed by atoms with Gasteiger partial charge in [-0.15, -0.1) is 0 Å². The second kappa shape index (κ2) is 3.62. The zero-order valence-corrected chi connectivity index (χ0v) is 9.88. The molecular weight excluding hydrogens is 315 g/mol. The minimum absolute atomic E-state index is 0.0282. The number of hydrogen-bond acceptors (Lipinski definition) is 2. The van der Waals surface area contributed by atoms with E-state index in [0.29, 0.717) is 0 Å². The van der Waals surface area contributed by atoms with Crippen LogP contribution < -0.4 is 0 Å². The average Bonchev–Trinajstić information content (AvgIpc) is 2.21. The van der Waals surface area contributed by atoms with Crippen LogP contribution in [0.25, 0.3) is 0 Å². The number of rotatable bonds is 0. The Bertz CT molecular complexity index is 485. The van der Waals surface area contributed by atoms with Crippen molar-refractivity contribution in [3.63, 3.8) is 0 Å². The van der Waals surface area contributed by atoms with E-state index in [1.165, 1.54) is 6.21 Å². The van der Waals surface area contributed by atoms with Gasteiger partial charge in [-0.05, 0) is 28.7 Å². The predicted molar refractivity (Wildman–Crippen MR) is 60.7 cm³/mol. The first-order chi connectivity index (χ1) is 7.02. The van der Waals surface area contributed by atoms with Gasteiger partial charge in [0.15, 0.2) is 11.6 Å². The van der Waals surface area contributed by atoms with Gasteiger partial charge in [0.2, 0.25) is 0 Å². The van der Waals surface area contributed by atoms with Crippen LogP contribution in [0.15, 0.2) is 11.1 Å². The molecule has 0 spiro atoms. The van der Waals surface area contributed by atoms with Crippen molar-refractivity contribution < 1.29 is 13.6 Å². The third-order valence-electron chi connectivity index (χ3n) is 2.24. The van der Waals surface area contributed by atoms with Crippen LogP contribution in [-0.4, -0.2) is 12.0 Å². The van der Waals surface area contributed by atoms with Gasteiger partial charge in [0, 0.05) is 11.8 Å². The summed E-state index contributed by atoms with van der Waals surface area (Å²) in [6, 6.07) is 1.05. The van der Waals surface area contributed by atoms with Gasteiger partial charge in [-0.25, -0.2) is 8.78 Å². The number of ketones is 1. The zero-order chi connectivity index (χ0) is 11.2. The second-order valence-electron chi connectivity index (χ2n) is 3.31. The number of aliphatic imine (C=N–C) groups is 1. The molecule has 0 aromatic heterocycles. The molecule has 1 aliphatic rings. The van der Waals surface area contributed by atoms with Gasteiger partial charge in [-0.2, -0.15) is 0 Å². The fourth-order valence-electron chi connectivity index (χ4n) is 1.40. The maximum atomic E-state index is 13.5. The van der Waals surface area contributed by atoms with Crippen LogP contribution >= 0.6 is 22.6 Å². The number of Topliss-reactive ketones (excluding diaryl/α,β-unsaturated/α-hetero) is 1. The molecule has 78 valence electrons. The highest BCUT2D eigenvalue weighted by atomic mass is 127. The molecule has 1 aromatic carbocycles. The second-order valence-corrected chi connectivity index (χ2v) is 4.39. The van der Waals surface area contributed by atoms with E-state index in [1.54, 1.807) is 29.5 Å². The summed E-state index contributed by atoms with van der Waals surface area (Å²) in [7, 11) is 0. The molecule has 1 unspecified atom stereocenters. The third kappa shape index (κ3) is 1.58. The van der Waals surface area contributed by atoms with E-state index in [-0.39, 0.29) is 20.6 Å². The fourth-order valence-corrected chi connectivity index (χ4v) is 1.81. The van der Waals surface area contributed by atoms with E-state index in [0.717, 1.165) is 6.07 Å². The lowest BCUT2D eigenvalue weighted by molar-refractivity contribution is 0.0961. The lowest BCUT2D eigenvalue weighted by atomic mass is 9.96. The molecule has 0 fully saturated rings. The maximum Gasteiger partial charge on any atom is 0.173 e. The minimum Gasteiger partial charge on any atom is -0.293 e. The summed E-state index contributed by atoms with van der Waals surface area (Å²) in [6.45, 7) is 1.64. The van der Waals surface area contributed by atoms with Crippen LogP contribution in [0.3, 0.4) is 0 Å². The molecule has 0 amide bonds. The standard InChI is InChI=1S/C10H6F2INO/c1-4-3-14-9-5(10(4)15)2-6(11)8(13)7(9)12/h2-4H,1H3. The predicted octanol–water partition coefficient (Wildman–Crippen LogP) is 3.10. The summed E-state index contributed by atoms with van der Waals surface area (Å²) in [5, 5.41) is 0. The van der Waals surface area contributed by atoms with Crippen molar-refractivity contribution in [2.45, 2.75) is 6.92 Å². The molecule has 1 aromatic rings. The number of nitrogens with zero attached hydrogens (tertiary/aromatic N) is 1. The molecule has 2 nitrogen and oxygen atoms in total. The fraction of sp³-hybridized carbons (Fsp3) is 0.200. The van der Waals surface area contributed by atoms with Gasteiger partial charge in [-0.3, -0.25) is 9.79 Å². The van der Waals surface area contributed by atoms with Gasteiger partial charge < -0.3 is 0 Å². The van der Waals surface area contributed by atoms with Crippen LogP contribution in [0.5, 0.6) is 0 Å². The molecule has 0 saturated carbocycles. The first-order valence-electron chi connectivity index (χ1n) is 4.28. The highest BCUT2D eigenvalue weighted by molar-refractivity contribution is 14.1. The van der Waals surface area contributed by atoms with Gasteiger partial charge in [-0.1, -0.05) is 6.92 Å². The summed E-state index contributed by atoms with van der Waals surface area (Å²) >= 11 is 1.55.